The first-order valence-electron chi connectivity index (χ1n) is 7.30. The van der Waals surface area contributed by atoms with Crippen molar-refractivity contribution in [2.75, 3.05) is 18.5 Å². The van der Waals surface area contributed by atoms with Gasteiger partial charge in [-0.05, 0) is 24.3 Å². The highest BCUT2D eigenvalue weighted by Gasteiger charge is 2.16. The van der Waals surface area contributed by atoms with Crippen LogP contribution in [0.3, 0.4) is 0 Å². The molecule has 122 valence electrons. The number of amides is 2. The highest BCUT2D eigenvalue weighted by Crippen LogP contribution is 2.17. The Morgan fingerprint density at radius 1 is 1.08 bits per heavy atom. The third kappa shape index (κ3) is 3.67. The van der Waals surface area contributed by atoms with Gasteiger partial charge in [0.1, 0.15) is 18.2 Å². The van der Waals surface area contributed by atoms with Crippen molar-refractivity contribution in [1.82, 2.24) is 20.5 Å². The molecule has 2 aromatic heterocycles. The molecule has 2 heterocycles. The number of nitrogens with zero attached hydrogens (tertiary/aromatic N) is 2. The van der Waals surface area contributed by atoms with Gasteiger partial charge in [-0.2, -0.15) is 5.10 Å². The number of hydrogen-bond donors (Lipinski definition) is 3. The van der Waals surface area contributed by atoms with Crippen molar-refractivity contribution >= 4 is 28.7 Å². The molecular formula is C16H15N5O3. The summed E-state index contributed by atoms with van der Waals surface area (Å²) in [5.74, 6) is -0.506. The smallest absolute Gasteiger partial charge is 0.314 e. The van der Waals surface area contributed by atoms with Crippen LogP contribution in [0, 0.1) is 0 Å². The Bertz CT molecular complexity index is 847. The first kappa shape index (κ1) is 15.5. The van der Waals surface area contributed by atoms with Crippen LogP contribution in [-0.4, -0.2) is 40.1 Å². The van der Waals surface area contributed by atoms with Crippen LogP contribution >= 0.6 is 0 Å². The standard InChI is InChI=1S/C16H15N5O3/c22-15(18-9-10-24-11-5-2-1-3-6-11)16(23)19-14-12-7-4-8-17-13(12)20-21-14/h1-8H,9-10H2,(H,18,22)(H2,17,19,20,21,23). The van der Waals surface area contributed by atoms with Crippen molar-refractivity contribution in [3.05, 3.63) is 48.7 Å². The molecule has 2 amide bonds. The van der Waals surface area contributed by atoms with Crippen molar-refractivity contribution < 1.29 is 14.3 Å². The number of ether oxygens (including phenoxy) is 1. The Morgan fingerprint density at radius 2 is 1.92 bits per heavy atom. The molecule has 0 spiro atoms. The number of carbonyl (C=O) groups excluding carboxylic acids is 2. The van der Waals surface area contributed by atoms with Gasteiger partial charge in [0.15, 0.2) is 5.65 Å². The molecule has 8 heteroatoms. The molecule has 3 aromatic rings. The van der Waals surface area contributed by atoms with E-state index in [0.717, 1.165) is 0 Å². The number of H-pyrrole nitrogens is 1. The minimum Gasteiger partial charge on any atom is -0.492 e. The first-order chi connectivity index (χ1) is 11.7. The summed E-state index contributed by atoms with van der Waals surface area (Å²) < 4.78 is 5.43. The number of anilines is 1. The molecule has 0 fully saturated rings. The van der Waals surface area contributed by atoms with Crippen LogP contribution in [0.1, 0.15) is 0 Å². The average Bonchev–Trinajstić information content (AvgIpc) is 3.02. The molecule has 0 aliphatic carbocycles. The Kier molecular flexibility index (Phi) is 4.66. The third-order valence-electron chi connectivity index (χ3n) is 3.17. The minimum absolute atomic E-state index is 0.215. The van der Waals surface area contributed by atoms with Crippen LogP contribution in [-0.2, 0) is 9.59 Å². The van der Waals surface area contributed by atoms with E-state index in [0.29, 0.717) is 22.6 Å². The quantitative estimate of drug-likeness (QED) is 0.480. The minimum atomic E-state index is -0.788. The number of nitrogens with one attached hydrogen (secondary N) is 3. The second-order valence-electron chi connectivity index (χ2n) is 4.84. The second-order valence-corrected chi connectivity index (χ2v) is 4.84. The number of pyridine rings is 1. The maximum absolute atomic E-state index is 11.9. The van der Waals surface area contributed by atoms with Crippen LogP contribution in [0.15, 0.2) is 48.7 Å². The lowest BCUT2D eigenvalue weighted by Gasteiger charge is -2.07. The monoisotopic (exact) mass is 325 g/mol. The third-order valence-corrected chi connectivity index (χ3v) is 3.17. The molecule has 0 aliphatic rings. The van der Waals surface area contributed by atoms with Gasteiger partial charge in [0.05, 0.1) is 11.9 Å². The summed E-state index contributed by atoms with van der Waals surface area (Å²) in [7, 11) is 0. The van der Waals surface area contributed by atoms with E-state index in [2.05, 4.69) is 25.8 Å². The summed E-state index contributed by atoms with van der Waals surface area (Å²) in [4.78, 5) is 27.7. The molecule has 8 nitrogen and oxygen atoms in total. The SMILES string of the molecule is O=C(NCCOc1ccccc1)C(=O)Nc1[nH]nc2ncccc12. The number of carbonyl (C=O) groups is 2. The van der Waals surface area contributed by atoms with Crippen molar-refractivity contribution in [1.29, 1.82) is 0 Å². The van der Waals surface area contributed by atoms with Crippen LogP contribution in [0.5, 0.6) is 5.75 Å². The van der Waals surface area contributed by atoms with E-state index in [9.17, 15) is 9.59 Å². The summed E-state index contributed by atoms with van der Waals surface area (Å²) in [6.07, 6.45) is 1.59. The number of rotatable bonds is 5. The van der Waals surface area contributed by atoms with Crippen molar-refractivity contribution in [3.8, 4) is 5.75 Å². The number of benzene rings is 1. The molecule has 0 saturated heterocycles. The lowest BCUT2D eigenvalue weighted by molar-refractivity contribution is -0.136. The zero-order valence-electron chi connectivity index (χ0n) is 12.7. The zero-order chi connectivity index (χ0) is 16.8. The van der Waals surface area contributed by atoms with E-state index in [4.69, 9.17) is 4.74 Å². The van der Waals surface area contributed by atoms with E-state index in [1.165, 1.54) is 0 Å². The Balaban J connectivity index is 1.47. The van der Waals surface area contributed by atoms with Crippen LogP contribution in [0.2, 0.25) is 0 Å². The van der Waals surface area contributed by atoms with Gasteiger partial charge in [-0.15, -0.1) is 0 Å². The number of fused-ring (bicyclic) bond motifs is 1. The maximum atomic E-state index is 11.9. The van der Waals surface area contributed by atoms with E-state index in [1.807, 2.05) is 30.3 Å². The number of aromatic nitrogens is 3. The van der Waals surface area contributed by atoms with Crippen molar-refractivity contribution in [2.45, 2.75) is 0 Å². The molecule has 0 saturated carbocycles. The van der Waals surface area contributed by atoms with Crippen LogP contribution < -0.4 is 15.4 Å². The van der Waals surface area contributed by atoms with Gasteiger partial charge in [0, 0.05) is 6.20 Å². The molecule has 0 bridgehead atoms. The van der Waals surface area contributed by atoms with Crippen LogP contribution in [0.4, 0.5) is 5.82 Å². The topological polar surface area (TPSA) is 109 Å². The fraction of sp³-hybridized carbons (Fsp3) is 0.125. The number of para-hydroxylation sites is 1. The molecule has 3 N–H and O–H groups in total. The van der Waals surface area contributed by atoms with Gasteiger partial charge in [-0.1, -0.05) is 18.2 Å². The van der Waals surface area contributed by atoms with Gasteiger partial charge in [0.2, 0.25) is 0 Å². The van der Waals surface area contributed by atoms with Gasteiger partial charge in [-0.25, -0.2) is 4.98 Å². The number of aromatic amines is 1. The lowest BCUT2D eigenvalue weighted by Crippen LogP contribution is -2.37. The van der Waals surface area contributed by atoms with Gasteiger partial charge in [-0.3, -0.25) is 14.7 Å². The summed E-state index contributed by atoms with van der Waals surface area (Å²) in [5.41, 5.74) is 0.462. The molecule has 1 aromatic carbocycles. The fourth-order valence-electron chi connectivity index (χ4n) is 2.05. The Hall–Kier alpha value is -3.42. The predicted octanol–water partition coefficient (Wildman–Crippen LogP) is 1.09. The molecule has 0 unspecified atom stereocenters. The first-order valence-corrected chi connectivity index (χ1v) is 7.30. The second kappa shape index (κ2) is 7.23. The summed E-state index contributed by atoms with van der Waals surface area (Å²) >= 11 is 0. The molecule has 3 rings (SSSR count). The lowest BCUT2D eigenvalue weighted by atomic mass is 10.3. The van der Waals surface area contributed by atoms with E-state index in [1.54, 1.807) is 18.3 Å². The average molecular weight is 325 g/mol. The maximum Gasteiger partial charge on any atom is 0.314 e. The molecule has 0 aliphatic heterocycles. The summed E-state index contributed by atoms with van der Waals surface area (Å²) in [6, 6.07) is 12.7. The van der Waals surface area contributed by atoms with Crippen LogP contribution in [0.25, 0.3) is 11.0 Å². The zero-order valence-corrected chi connectivity index (χ0v) is 12.7. The van der Waals surface area contributed by atoms with E-state index >= 15 is 0 Å². The fourth-order valence-corrected chi connectivity index (χ4v) is 2.05. The Morgan fingerprint density at radius 3 is 2.75 bits per heavy atom. The summed E-state index contributed by atoms with van der Waals surface area (Å²) in [5, 5.41) is 12.2. The van der Waals surface area contributed by atoms with Gasteiger partial charge >= 0.3 is 11.8 Å². The normalized spacial score (nSPS) is 10.3. The van der Waals surface area contributed by atoms with Gasteiger partial charge < -0.3 is 15.4 Å². The predicted molar refractivity (Wildman–Crippen MR) is 87.5 cm³/mol. The van der Waals surface area contributed by atoms with E-state index in [-0.39, 0.29) is 13.2 Å². The van der Waals surface area contributed by atoms with Gasteiger partial charge in [0.25, 0.3) is 0 Å². The van der Waals surface area contributed by atoms with Crippen molar-refractivity contribution in [3.63, 3.8) is 0 Å². The Labute approximate surface area is 137 Å². The van der Waals surface area contributed by atoms with Crippen molar-refractivity contribution in [2.24, 2.45) is 0 Å². The molecule has 24 heavy (non-hydrogen) atoms. The molecular weight excluding hydrogens is 310 g/mol. The largest absolute Gasteiger partial charge is 0.492 e. The number of hydrogen-bond acceptors (Lipinski definition) is 5. The van der Waals surface area contributed by atoms with E-state index < -0.39 is 11.8 Å². The highest BCUT2D eigenvalue weighted by atomic mass is 16.5. The highest BCUT2D eigenvalue weighted by molar-refractivity contribution is 6.40. The molecule has 0 radical (unpaired) electrons. The molecule has 0 atom stereocenters. The summed E-state index contributed by atoms with van der Waals surface area (Å²) in [6.45, 7) is 0.479.